The SMILES string of the molecule is C[C@H](NC(=O)[C@H](C)NC(=O)[C@H](CC(=O)O)NC(=O)[C@@H](N)CC(=O)O)C(=O)N[C@@H](Cc1ccccc1)C(=O)N[C@@H](CC(N)=O)C(=O)N1C(=O)CC[C@H]1C(=O)SN[C@@H](Cc1ccsc1)C(=O)O. The highest BCUT2D eigenvalue weighted by atomic mass is 32.2. The molecule has 0 aliphatic carbocycles. The standard InChI is InChI=1S/C39H49N9O15S2/c1-18(43-35(58)24(16-31(53)54)45-34(57)22(40)14-30(51)52)32(55)42-19(2)33(56)44-23(12-20-6-4-3-5-7-20)36(59)46-25(15-28(41)49)37(60)48-27(8-9-29(48)50)39(63)65-47-26(38(61)62)13-21-10-11-64-17-21/h3-7,10-11,17-19,22-27,47H,8-9,12-16,40H2,1-2H3,(H2,41,49)(H,42,55)(H,43,58)(H,44,56)(H,45,57)(H,46,59)(H,51,52)(H,53,54)(H,61,62)/t18-,19-,22-,23-,24-,25-,26-,27-/m0/s1. The van der Waals surface area contributed by atoms with Crippen LogP contribution in [0.2, 0.25) is 0 Å². The molecule has 2 aromatic rings. The molecule has 24 nitrogen and oxygen atoms in total. The zero-order chi connectivity index (χ0) is 48.5. The molecule has 0 spiro atoms. The van der Waals surface area contributed by atoms with Crippen molar-refractivity contribution in [2.24, 2.45) is 11.5 Å². The van der Waals surface area contributed by atoms with Crippen LogP contribution in [0.5, 0.6) is 0 Å². The number of primary amides is 1. The Hall–Kier alpha value is -6.77. The predicted molar refractivity (Wildman–Crippen MR) is 227 cm³/mol. The number of amides is 8. The number of benzene rings is 1. The molecule has 0 radical (unpaired) electrons. The van der Waals surface area contributed by atoms with Crippen LogP contribution in [-0.4, -0.2) is 139 Å². The third-order valence-electron chi connectivity index (χ3n) is 9.52. The third kappa shape index (κ3) is 16.7. The third-order valence-corrected chi connectivity index (χ3v) is 11.1. The summed E-state index contributed by atoms with van der Waals surface area (Å²) in [6, 6.07) is -2.48. The minimum atomic E-state index is -1.83. The number of carboxylic acids is 3. The summed E-state index contributed by atoms with van der Waals surface area (Å²) in [5, 5.41) is 41.8. The average molecular weight is 948 g/mol. The van der Waals surface area contributed by atoms with Gasteiger partial charge in [-0.3, -0.25) is 62.4 Å². The van der Waals surface area contributed by atoms with E-state index in [4.69, 9.17) is 16.6 Å². The molecule has 0 unspecified atom stereocenters. The first-order chi connectivity index (χ1) is 30.6. The Morgan fingerprint density at radius 2 is 1.26 bits per heavy atom. The van der Waals surface area contributed by atoms with E-state index in [1.165, 1.54) is 18.3 Å². The Bertz CT molecular complexity index is 2130. The highest BCUT2D eigenvalue weighted by molar-refractivity contribution is 8.12. The molecular formula is C39H49N9O15S2. The van der Waals surface area contributed by atoms with Crippen LogP contribution in [0.3, 0.4) is 0 Å². The first-order valence-corrected chi connectivity index (χ1v) is 21.4. The van der Waals surface area contributed by atoms with Gasteiger partial charge in [-0.1, -0.05) is 30.3 Å². The number of hydrogen-bond acceptors (Lipinski definition) is 16. The number of rotatable bonds is 25. The molecule has 1 aromatic carbocycles. The van der Waals surface area contributed by atoms with Crippen LogP contribution in [0.1, 0.15) is 57.1 Å². The first kappa shape index (κ1) is 52.6. The van der Waals surface area contributed by atoms with Crippen molar-refractivity contribution in [2.75, 3.05) is 0 Å². The van der Waals surface area contributed by atoms with Gasteiger partial charge >= 0.3 is 17.9 Å². The number of carbonyl (C=O) groups is 12. The number of likely N-dealkylation sites (tertiary alicyclic amines) is 1. The maximum absolute atomic E-state index is 14.0. The molecule has 26 heteroatoms. The molecule has 65 heavy (non-hydrogen) atoms. The molecule has 1 aliphatic heterocycles. The van der Waals surface area contributed by atoms with E-state index in [1.54, 1.807) is 47.2 Å². The molecule has 3 rings (SSSR count). The van der Waals surface area contributed by atoms with Crippen molar-refractivity contribution >= 4 is 93.6 Å². The molecule has 1 fully saturated rings. The second kappa shape index (κ2) is 24.9. The molecular weight excluding hydrogens is 899 g/mol. The highest BCUT2D eigenvalue weighted by Gasteiger charge is 2.44. The fourth-order valence-electron chi connectivity index (χ4n) is 6.13. The van der Waals surface area contributed by atoms with Crippen LogP contribution in [0.4, 0.5) is 0 Å². The maximum atomic E-state index is 14.0. The van der Waals surface area contributed by atoms with Crippen molar-refractivity contribution in [1.82, 2.24) is 36.2 Å². The molecule has 0 bridgehead atoms. The Labute approximate surface area is 378 Å². The molecule has 352 valence electrons. The Morgan fingerprint density at radius 3 is 1.83 bits per heavy atom. The molecule has 8 atom stereocenters. The van der Waals surface area contributed by atoms with Gasteiger partial charge in [-0.25, -0.2) is 4.72 Å². The number of carboxylic acid groups (broad SMARTS) is 3. The van der Waals surface area contributed by atoms with Crippen molar-refractivity contribution in [3.8, 4) is 0 Å². The Balaban J connectivity index is 1.74. The number of nitrogens with one attached hydrogen (secondary N) is 6. The summed E-state index contributed by atoms with van der Waals surface area (Å²) in [4.78, 5) is 153. The fraction of sp³-hybridized carbons (Fsp3) is 0.436. The summed E-state index contributed by atoms with van der Waals surface area (Å²) in [6.45, 7) is 2.37. The smallest absolute Gasteiger partial charge is 0.321 e. The predicted octanol–water partition coefficient (Wildman–Crippen LogP) is -3.12. The minimum Gasteiger partial charge on any atom is -0.481 e. The average Bonchev–Trinajstić information content (AvgIpc) is 3.90. The summed E-state index contributed by atoms with van der Waals surface area (Å²) in [7, 11) is 0. The second-order valence-electron chi connectivity index (χ2n) is 14.7. The van der Waals surface area contributed by atoms with Crippen molar-refractivity contribution in [3.63, 3.8) is 0 Å². The molecule has 2 heterocycles. The molecule has 0 saturated carbocycles. The van der Waals surface area contributed by atoms with E-state index in [0.717, 1.165) is 6.92 Å². The topological polar surface area (TPSA) is 393 Å². The largest absolute Gasteiger partial charge is 0.481 e. The lowest BCUT2D eigenvalue weighted by Crippen LogP contribution is -2.60. The van der Waals surface area contributed by atoms with E-state index in [2.05, 4.69) is 26.0 Å². The Morgan fingerprint density at radius 1 is 0.708 bits per heavy atom. The van der Waals surface area contributed by atoms with Crippen LogP contribution < -0.4 is 42.8 Å². The number of hydrogen-bond donors (Lipinski definition) is 11. The molecule has 1 aliphatic rings. The lowest BCUT2D eigenvalue weighted by molar-refractivity contribution is -0.149. The number of nitrogens with zero attached hydrogens (tertiary/aromatic N) is 1. The molecule has 13 N–H and O–H groups in total. The van der Waals surface area contributed by atoms with Gasteiger partial charge in [0, 0.05) is 19.3 Å². The summed E-state index contributed by atoms with van der Waals surface area (Å²) >= 11 is 1.73. The minimum absolute atomic E-state index is 0.0238. The summed E-state index contributed by atoms with van der Waals surface area (Å²) in [5.74, 6) is -12.7. The summed E-state index contributed by atoms with van der Waals surface area (Å²) in [5.41, 5.74) is 12.1. The lowest BCUT2D eigenvalue weighted by atomic mass is 10.0. The van der Waals surface area contributed by atoms with Gasteiger partial charge in [-0.2, -0.15) is 11.3 Å². The van der Waals surface area contributed by atoms with Gasteiger partial charge < -0.3 is 53.4 Å². The van der Waals surface area contributed by atoms with E-state index in [0.29, 0.717) is 28.0 Å². The van der Waals surface area contributed by atoms with Crippen molar-refractivity contribution in [1.29, 1.82) is 0 Å². The van der Waals surface area contributed by atoms with Gasteiger partial charge in [0.05, 0.1) is 25.3 Å². The van der Waals surface area contributed by atoms with E-state index < -0.39 is 138 Å². The number of aliphatic carboxylic acids is 3. The lowest BCUT2D eigenvalue weighted by Gasteiger charge is -2.28. The van der Waals surface area contributed by atoms with Gasteiger partial charge in [0.1, 0.15) is 42.3 Å². The van der Waals surface area contributed by atoms with Crippen LogP contribution >= 0.6 is 23.3 Å². The van der Waals surface area contributed by atoms with Crippen molar-refractivity contribution < 1.29 is 72.9 Å². The van der Waals surface area contributed by atoms with E-state index in [1.807, 2.05) is 5.32 Å². The van der Waals surface area contributed by atoms with Gasteiger partial charge in [0.15, 0.2) is 0 Å². The van der Waals surface area contributed by atoms with Gasteiger partial charge in [-0.05, 0) is 60.2 Å². The van der Waals surface area contributed by atoms with Gasteiger partial charge in [-0.15, -0.1) is 0 Å². The zero-order valence-electron chi connectivity index (χ0n) is 34.8. The summed E-state index contributed by atoms with van der Waals surface area (Å²) in [6.07, 6.45) is -3.29. The monoisotopic (exact) mass is 947 g/mol. The summed E-state index contributed by atoms with van der Waals surface area (Å²) < 4.78 is 2.56. The van der Waals surface area contributed by atoms with E-state index >= 15 is 0 Å². The highest BCUT2D eigenvalue weighted by Crippen LogP contribution is 2.25. The van der Waals surface area contributed by atoms with Gasteiger partial charge in [0.25, 0.3) is 5.91 Å². The van der Waals surface area contributed by atoms with Gasteiger partial charge in [0.2, 0.25) is 46.5 Å². The molecule has 1 aromatic heterocycles. The molecule has 1 saturated heterocycles. The van der Waals surface area contributed by atoms with Crippen molar-refractivity contribution in [2.45, 2.75) is 107 Å². The van der Waals surface area contributed by atoms with E-state index in [9.17, 15) is 67.7 Å². The zero-order valence-corrected chi connectivity index (χ0v) is 36.5. The quantitative estimate of drug-likeness (QED) is 0.0439. The normalized spacial score (nSPS) is 16.6. The van der Waals surface area contributed by atoms with Crippen LogP contribution in [-0.2, 0) is 70.4 Å². The van der Waals surface area contributed by atoms with Crippen LogP contribution in [0.25, 0.3) is 0 Å². The second-order valence-corrected chi connectivity index (χ2v) is 16.4. The molecule has 8 amide bonds. The van der Waals surface area contributed by atoms with Crippen molar-refractivity contribution in [3.05, 3.63) is 58.3 Å². The number of imide groups is 1. The van der Waals surface area contributed by atoms with Crippen LogP contribution in [0, 0.1) is 0 Å². The first-order valence-electron chi connectivity index (χ1n) is 19.7. The number of thiophene rings is 1. The number of carbonyl (C=O) groups excluding carboxylic acids is 9. The van der Waals surface area contributed by atoms with Crippen LogP contribution in [0.15, 0.2) is 47.2 Å². The maximum Gasteiger partial charge on any atom is 0.321 e. The Kier molecular flexibility index (Phi) is 20.1. The number of nitrogens with two attached hydrogens (primary N) is 2. The van der Waals surface area contributed by atoms with E-state index in [-0.39, 0.29) is 25.7 Å². The fourth-order valence-corrected chi connectivity index (χ4v) is 7.61.